The zero-order valence-corrected chi connectivity index (χ0v) is 11.4. The molecular formula is C13H23N3O2. The second-order valence-corrected chi connectivity index (χ2v) is 5.52. The normalized spacial score (nSPS) is 13.3. The molecule has 1 aromatic heterocycles. The molecule has 0 aliphatic carbocycles. The lowest BCUT2D eigenvalue weighted by Crippen LogP contribution is -2.44. The van der Waals surface area contributed by atoms with Gasteiger partial charge in [-0.05, 0) is 17.9 Å². The van der Waals surface area contributed by atoms with E-state index in [-0.39, 0.29) is 24.0 Å². The van der Waals surface area contributed by atoms with Crippen LogP contribution in [0.15, 0.2) is 18.5 Å². The van der Waals surface area contributed by atoms with Gasteiger partial charge < -0.3 is 10.4 Å². The Morgan fingerprint density at radius 1 is 1.50 bits per heavy atom. The Morgan fingerprint density at radius 2 is 2.22 bits per heavy atom. The summed E-state index contributed by atoms with van der Waals surface area (Å²) in [4.78, 5) is 11.8. The van der Waals surface area contributed by atoms with Crippen LogP contribution in [-0.4, -0.2) is 33.4 Å². The number of aliphatic hydroxyl groups excluding tert-OH is 1. The van der Waals surface area contributed by atoms with Crippen LogP contribution in [0, 0.1) is 5.41 Å². The average molecular weight is 253 g/mol. The molecule has 0 spiro atoms. The third-order valence-electron chi connectivity index (χ3n) is 2.93. The van der Waals surface area contributed by atoms with Gasteiger partial charge in [-0.3, -0.25) is 9.48 Å². The van der Waals surface area contributed by atoms with E-state index in [2.05, 4.69) is 31.2 Å². The average Bonchev–Trinajstić information content (AvgIpc) is 2.77. The van der Waals surface area contributed by atoms with E-state index in [9.17, 15) is 4.79 Å². The highest BCUT2D eigenvalue weighted by atomic mass is 16.3. The van der Waals surface area contributed by atoms with E-state index in [0.29, 0.717) is 19.4 Å². The van der Waals surface area contributed by atoms with Gasteiger partial charge in [0.15, 0.2) is 0 Å². The lowest BCUT2D eigenvalue weighted by molar-refractivity contribution is -0.123. The van der Waals surface area contributed by atoms with Crippen molar-refractivity contribution in [2.75, 3.05) is 6.61 Å². The minimum Gasteiger partial charge on any atom is -0.396 e. The van der Waals surface area contributed by atoms with Crippen LogP contribution in [-0.2, 0) is 11.3 Å². The fourth-order valence-electron chi connectivity index (χ4n) is 1.77. The monoisotopic (exact) mass is 253 g/mol. The van der Waals surface area contributed by atoms with Crippen molar-refractivity contribution in [2.24, 2.45) is 5.41 Å². The summed E-state index contributed by atoms with van der Waals surface area (Å²) >= 11 is 0. The molecule has 0 bridgehead atoms. The molecule has 2 N–H and O–H groups in total. The Hall–Kier alpha value is -1.36. The topological polar surface area (TPSA) is 67.2 Å². The minimum absolute atomic E-state index is 0.00104. The van der Waals surface area contributed by atoms with Gasteiger partial charge in [0, 0.05) is 38.0 Å². The maximum Gasteiger partial charge on any atom is 0.222 e. The van der Waals surface area contributed by atoms with Gasteiger partial charge in [0.25, 0.3) is 0 Å². The predicted octanol–water partition coefficient (Wildman–Crippen LogP) is 1.19. The number of aliphatic hydroxyl groups is 1. The molecule has 5 nitrogen and oxygen atoms in total. The van der Waals surface area contributed by atoms with Crippen LogP contribution in [0.1, 0.15) is 33.6 Å². The number of nitrogens with zero attached hydrogens (tertiary/aromatic N) is 2. The van der Waals surface area contributed by atoms with Gasteiger partial charge in [0.1, 0.15) is 0 Å². The van der Waals surface area contributed by atoms with E-state index < -0.39 is 0 Å². The highest BCUT2D eigenvalue weighted by Gasteiger charge is 2.25. The Bertz CT molecular complexity index is 355. The highest BCUT2D eigenvalue weighted by molar-refractivity contribution is 5.76. The van der Waals surface area contributed by atoms with Crippen LogP contribution >= 0.6 is 0 Å². The Kier molecular flexibility index (Phi) is 5.34. The van der Waals surface area contributed by atoms with Crippen LogP contribution in [0.3, 0.4) is 0 Å². The van der Waals surface area contributed by atoms with Crippen LogP contribution in [0.4, 0.5) is 0 Å². The summed E-state index contributed by atoms with van der Waals surface area (Å²) in [7, 11) is 0. The fraction of sp³-hybridized carbons (Fsp3) is 0.692. The Morgan fingerprint density at radius 3 is 2.72 bits per heavy atom. The third kappa shape index (κ3) is 4.87. The Labute approximate surface area is 108 Å². The number of hydrogen-bond acceptors (Lipinski definition) is 3. The standard InChI is InChI=1S/C13H23N3O2/c1-13(2,3)11(6-10-17)15-12(18)5-9-16-8-4-7-14-16/h4,7-8,11,17H,5-6,9-10H2,1-3H3,(H,15,18). The van der Waals surface area contributed by atoms with E-state index >= 15 is 0 Å². The smallest absolute Gasteiger partial charge is 0.222 e. The zero-order chi connectivity index (χ0) is 13.6. The number of nitrogens with one attached hydrogen (secondary N) is 1. The molecular weight excluding hydrogens is 230 g/mol. The molecule has 0 aliphatic heterocycles. The molecule has 1 rings (SSSR count). The number of carbonyl (C=O) groups is 1. The molecule has 0 saturated heterocycles. The van der Waals surface area contributed by atoms with Gasteiger partial charge in [-0.25, -0.2) is 0 Å². The number of aromatic nitrogens is 2. The molecule has 1 heterocycles. The Balaban J connectivity index is 2.41. The van der Waals surface area contributed by atoms with Gasteiger partial charge >= 0.3 is 0 Å². The van der Waals surface area contributed by atoms with Crippen molar-refractivity contribution in [2.45, 2.75) is 46.2 Å². The molecule has 1 unspecified atom stereocenters. The van der Waals surface area contributed by atoms with E-state index in [1.54, 1.807) is 10.9 Å². The number of carbonyl (C=O) groups excluding carboxylic acids is 1. The molecule has 0 saturated carbocycles. The summed E-state index contributed by atoms with van der Waals surface area (Å²) in [5.41, 5.74) is -0.0515. The summed E-state index contributed by atoms with van der Waals surface area (Å²) in [6.45, 7) is 6.83. The first-order valence-electron chi connectivity index (χ1n) is 6.31. The molecule has 1 amide bonds. The van der Waals surface area contributed by atoms with Gasteiger partial charge in [0.2, 0.25) is 5.91 Å². The van der Waals surface area contributed by atoms with Crippen molar-refractivity contribution in [3.63, 3.8) is 0 Å². The summed E-state index contributed by atoms with van der Waals surface area (Å²) in [6.07, 6.45) is 4.51. The molecule has 1 atom stereocenters. The first kappa shape index (κ1) is 14.7. The molecule has 102 valence electrons. The van der Waals surface area contributed by atoms with Crippen LogP contribution in [0.5, 0.6) is 0 Å². The predicted molar refractivity (Wildman–Crippen MR) is 69.9 cm³/mol. The second-order valence-electron chi connectivity index (χ2n) is 5.52. The minimum atomic E-state index is -0.0515. The molecule has 5 heteroatoms. The summed E-state index contributed by atoms with van der Waals surface area (Å²) in [5.74, 6) is -0.00104. The number of amides is 1. The third-order valence-corrected chi connectivity index (χ3v) is 2.93. The van der Waals surface area contributed by atoms with Crippen LogP contribution < -0.4 is 5.32 Å². The molecule has 0 aromatic carbocycles. The van der Waals surface area contributed by atoms with Crippen molar-refractivity contribution in [3.05, 3.63) is 18.5 Å². The van der Waals surface area contributed by atoms with Gasteiger partial charge in [0.05, 0.1) is 0 Å². The van der Waals surface area contributed by atoms with Crippen molar-refractivity contribution in [1.82, 2.24) is 15.1 Å². The van der Waals surface area contributed by atoms with Gasteiger partial charge in [-0.2, -0.15) is 5.10 Å². The van der Waals surface area contributed by atoms with Crippen LogP contribution in [0.25, 0.3) is 0 Å². The largest absolute Gasteiger partial charge is 0.396 e. The fourth-order valence-corrected chi connectivity index (χ4v) is 1.77. The lowest BCUT2D eigenvalue weighted by Gasteiger charge is -2.31. The summed E-state index contributed by atoms with van der Waals surface area (Å²) in [5, 5.41) is 16.1. The number of aryl methyl sites for hydroxylation is 1. The number of hydrogen-bond donors (Lipinski definition) is 2. The first-order valence-corrected chi connectivity index (χ1v) is 6.31. The van der Waals surface area contributed by atoms with Crippen molar-refractivity contribution >= 4 is 5.91 Å². The van der Waals surface area contributed by atoms with E-state index in [1.807, 2.05) is 12.3 Å². The quantitative estimate of drug-likeness (QED) is 0.800. The molecule has 1 aromatic rings. The molecule has 0 fully saturated rings. The van der Waals surface area contributed by atoms with Crippen molar-refractivity contribution < 1.29 is 9.90 Å². The summed E-state index contributed by atoms with van der Waals surface area (Å²) < 4.78 is 1.73. The maximum atomic E-state index is 11.8. The van der Waals surface area contributed by atoms with Crippen LogP contribution in [0.2, 0.25) is 0 Å². The zero-order valence-electron chi connectivity index (χ0n) is 11.4. The van der Waals surface area contributed by atoms with Crippen molar-refractivity contribution in [3.8, 4) is 0 Å². The molecule has 0 aliphatic rings. The lowest BCUT2D eigenvalue weighted by atomic mass is 9.85. The van der Waals surface area contributed by atoms with Gasteiger partial charge in [-0.15, -0.1) is 0 Å². The van der Waals surface area contributed by atoms with E-state index in [4.69, 9.17) is 5.11 Å². The van der Waals surface area contributed by atoms with Crippen molar-refractivity contribution in [1.29, 1.82) is 0 Å². The van der Waals surface area contributed by atoms with E-state index in [1.165, 1.54) is 0 Å². The first-order chi connectivity index (χ1) is 8.43. The van der Waals surface area contributed by atoms with Gasteiger partial charge in [-0.1, -0.05) is 20.8 Å². The SMILES string of the molecule is CC(C)(C)C(CCO)NC(=O)CCn1cccn1. The molecule has 0 radical (unpaired) electrons. The molecule has 18 heavy (non-hydrogen) atoms. The highest BCUT2D eigenvalue weighted by Crippen LogP contribution is 2.21. The second kappa shape index (κ2) is 6.54. The summed E-state index contributed by atoms with van der Waals surface area (Å²) in [6, 6.07) is 1.83. The maximum absolute atomic E-state index is 11.8. The van der Waals surface area contributed by atoms with E-state index in [0.717, 1.165) is 0 Å². The number of rotatable bonds is 6.